The second kappa shape index (κ2) is 5.78. The van der Waals surface area contributed by atoms with Gasteiger partial charge in [-0.2, -0.15) is 0 Å². The van der Waals surface area contributed by atoms with E-state index in [9.17, 15) is 9.00 Å². The standard InChI is InChI=1S/C13H11ClO2S2/c1-9-3-2-4-10(7-9)18(16)8-11(15)12-5-6-13(14)17-12/h2-7H,8H2,1H3. The van der Waals surface area contributed by atoms with Crippen molar-refractivity contribution in [3.63, 3.8) is 0 Å². The third-order valence-electron chi connectivity index (χ3n) is 2.36. The van der Waals surface area contributed by atoms with Crippen LogP contribution in [-0.2, 0) is 10.8 Å². The highest BCUT2D eigenvalue weighted by atomic mass is 35.5. The molecule has 1 atom stereocenters. The van der Waals surface area contributed by atoms with Gasteiger partial charge in [-0.05, 0) is 36.8 Å². The lowest BCUT2D eigenvalue weighted by molar-refractivity contribution is 0.102. The Morgan fingerprint density at radius 2 is 2.11 bits per heavy atom. The van der Waals surface area contributed by atoms with Crippen molar-refractivity contribution >= 4 is 39.5 Å². The van der Waals surface area contributed by atoms with Crippen molar-refractivity contribution in [2.24, 2.45) is 0 Å². The smallest absolute Gasteiger partial charge is 0.185 e. The number of carbonyl (C=O) groups is 1. The zero-order chi connectivity index (χ0) is 13.1. The molecule has 5 heteroatoms. The van der Waals surface area contributed by atoms with Gasteiger partial charge in [-0.25, -0.2) is 0 Å². The van der Waals surface area contributed by atoms with Crippen molar-refractivity contribution in [1.29, 1.82) is 0 Å². The summed E-state index contributed by atoms with van der Waals surface area (Å²) in [5.41, 5.74) is 1.03. The fourth-order valence-corrected chi connectivity index (χ4v) is 3.67. The maximum Gasteiger partial charge on any atom is 0.185 e. The van der Waals surface area contributed by atoms with Crippen LogP contribution >= 0.6 is 22.9 Å². The van der Waals surface area contributed by atoms with Crippen LogP contribution in [0.15, 0.2) is 41.3 Å². The summed E-state index contributed by atoms with van der Waals surface area (Å²) in [4.78, 5) is 13.1. The van der Waals surface area contributed by atoms with Gasteiger partial charge in [0, 0.05) is 4.90 Å². The van der Waals surface area contributed by atoms with Crippen molar-refractivity contribution in [1.82, 2.24) is 0 Å². The molecule has 0 fully saturated rings. The number of halogens is 1. The molecule has 1 aromatic carbocycles. The second-order valence-corrected chi connectivity index (χ2v) is 7.00. The number of Topliss-reactive ketones (excluding diaryl/α,β-unsaturated/α-hetero) is 1. The summed E-state index contributed by atoms with van der Waals surface area (Å²) in [6, 6.07) is 10.7. The maximum absolute atomic E-state index is 12.0. The highest BCUT2D eigenvalue weighted by Gasteiger charge is 2.14. The first kappa shape index (κ1) is 13.5. The third-order valence-corrected chi connectivity index (χ3v) is 4.94. The number of rotatable bonds is 4. The lowest BCUT2D eigenvalue weighted by atomic mass is 10.2. The molecule has 2 nitrogen and oxygen atoms in total. The monoisotopic (exact) mass is 298 g/mol. The Morgan fingerprint density at radius 3 is 2.72 bits per heavy atom. The van der Waals surface area contributed by atoms with E-state index in [0.717, 1.165) is 5.56 Å². The molecule has 0 spiro atoms. The Kier molecular flexibility index (Phi) is 4.32. The summed E-state index contributed by atoms with van der Waals surface area (Å²) in [6.07, 6.45) is 0. The zero-order valence-corrected chi connectivity index (χ0v) is 12.1. The summed E-state index contributed by atoms with van der Waals surface area (Å²) in [5, 5.41) is 0. The number of benzene rings is 1. The van der Waals surface area contributed by atoms with Gasteiger partial charge in [-0.1, -0.05) is 23.7 Å². The summed E-state index contributed by atoms with van der Waals surface area (Å²) in [7, 11) is -1.30. The average molecular weight is 299 g/mol. The first-order valence-electron chi connectivity index (χ1n) is 5.30. The van der Waals surface area contributed by atoms with Gasteiger partial charge in [0.25, 0.3) is 0 Å². The minimum absolute atomic E-state index is 0.000293. The van der Waals surface area contributed by atoms with E-state index < -0.39 is 10.8 Å². The van der Waals surface area contributed by atoms with Gasteiger partial charge in [-0.3, -0.25) is 9.00 Å². The van der Waals surface area contributed by atoms with E-state index in [1.807, 2.05) is 25.1 Å². The van der Waals surface area contributed by atoms with E-state index in [1.165, 1.54) is 11.3 Å². The molecule has 0 bridgehead atoms. The van der Waals surface area contributed by atoms with Crippen molar-refractivity contribution in [3.05, 3.63) is 51.2 Å². The van der Waals surface area contributed by atoms with Crippen LogP contribution in [0.5, 0.6) is 0 Å². The van der Waals surface area contributed by atoms with E-state index in [-0.39, 0.29) is 11.5 Å². The fourth-order valence-electron chi connectivity index (χ4n) is 1.49. The largest absolute Gasteiger partial charge is 0.292 e. The van der Waals surface area contributed by atoms with Gasteiger partial charge in [0.15, 0.2) is 5.78 Å². The lowest BCUT2D eigenvalue weighted by Gasteiger charge is -2.01. The SMILES string of the molecule is Cc1cccc(S(=O)CC(=O)c2ccc(Cl)s2)c1. The van der Waals surface area contributed by atoms with Gasteiger partial charge < -0.3 is 0 Å². The highest BCUT2D eigenvalue weighted by molar-refractivity contribution is 7.85. The Labute approximate surface area is 117 Å². The van der Waals surface area contributed by atoms with Crippen LogP contribution in [0.25, 0.3) is 0 Å². The Bertz CT molecular complexity index is 605. The van der Waals surface area contributed by atoms with E-state index >= 15 is 0 Å². The molecule has 1 unspecified atom stereocenters. The molecule has 0 amide bonds. The Hall–Kier alpha value is -0.970. The minimum Gasteiger partial charge on any atom is -0.292 e. The molecule has 94 valence electrons. The molecule has 1 heterocycles. The molecule has 0 N–H and O–H groups in total. The van der Waals surface area contributed by atoms with E-state index in [4.69, 9.17) is 11.6 Å². The van der Waals surface area contributed by atoms with E-state index in [1.54, 1.807) is 18.2 Å². The van der Waals surface area contributed by atoms with E-state index in [0.29, 0.717) is 14.1 Å². The van der Waals surface area contributed by atoms with Gasteiger partial charge in [0.05, 0.1) is 25.8 Å². The van der Waals surface area contributed by atoms with Crippen LogP contribution in [0.3, 0.4) is 0 Å². The molecule has 0 saturated heterocycles. The molecule has 0 radical (unpaired) electrons. The summed E-state index contributed by atoms with van der Waals surface area (Å²) in [5.74, 6) is -0.132. The van der Waals surface area contributed by atoms with Crippen molar-refractivity contribution in [2.45, 2.75) is 11.8 Å². The van der Waals surface area contributed by atoms with Crippen molar-refractivity contribution in [3.8, 4) is 0 Å². The molecular weight excluding hydrogens is 288 g/mol. The normalized spacial score (nSPS) is 12.3. The number of ketones is 1. The highest BCUT2D eigenvalue weighted by Crippen LogP contribution is 2.22. The van der Waals surface area contributed by atoms with Crippen LogP contribution in [0.4, 0.5) is 0 Å². The number of carbonyl (C=O) groups excluding carboxylic acids is 1. The molecule has 2 rings (SSSR count). The molecule has 1 aromatic heterocycles. The topological polar surface area (TPSA) is 34.1 Å². The quantitative estimate of drug-likeness (QED) is 0.807. The molecule has 0 aliphatic heterocycles. The van der Waals surface area contributed by atoms with Crippen LogP contribution in [-0.4, -0.2) is 15.7 Å². The second-order valence-electron chi connectivity index (χ2n) is 3.83. The predicted octanol–water partition coefficient (Wildman–Crippen LogP) is 3.70. The molecule has 0 aliphatic carbocycles. The Balaban J connectivity index is 2.10. The minimum atomic E-state index is -1.30. The number of aryl methyl sites for hydroxylation is 1. The van der Waals surface area contributed by atoms with Crippen LogP contribution in [0.2, 0.25) is 4.34 Å². The number of thiophene rings is 1. The fraction of sp³-hybridized carbons (Fsp3) is 0.154. The van der Waals surface area contributed by atoms with Crippen LogP contribution in [0.1, 0.15) is 15.2 Å². The zero-order valence-electron chi connectivity index (χ0n) is 9.68. The predicted molar refractivity (Wildman–Crippen MR) is 76.1 cm³/mol. The summed E-state index contributed by atoms with van der Waals surface area (Å²) < 4.78 is 12.6. The van der Waals surface area contributed by atoms with Crippen LogP contribution in [0, 0.1) is 6.92 Å². The van der Waals surface area contributed by atoms with Gasteiger partial charge in [0.2, 0.25) is 0 Å². The lowest BCUT2D eigenvalue weighted by Crippen LogP contribution is -2.09. The third kappa shape index (κ3) is 3.28. The molecule has 0 saturated carbocycles. The van der Waals surface area contributed by atoms with Crippen molar-refractivity contribution < 1.29 is 9.00 Å². The molecule has 18 heavy (non-hydrogen) atoms. The van der Waals surface area contributed by atoms with Crippen LogP contribution < -0.4 is 0 Å². The number of hydrogen-bond acceptors (Lipinski definition) is 3. The summed E-state index contributed by atoms with van der Waals surface area (Å²) in [6.45, 7) is 1.93. The number of hydrogen-bond donors (Lipinski definition) is 0. The van der Waals surface area contributed by atoms with Crippen molar-refractivity contribution in [2.75, 3.05) is 5.75 Å². The maximum atomic E-state index is 12.0. The van der Waals surface area contributed by atoms with E-state index in [2.05, 4.69) is 0 Å². The Morgan fingerprint density at radius 1 is 1.33 bits per heavy atom. The summed E-state index contributed by atoms with van der Waals surface area (Å²) >= 11 is 6.99. The van der Waals surface area contributed by atoms with Gasteiger partial charge in [-0.15, -0.1) is 11.3 Å². The molecule has 2 aromatic rings. The van der Waals surface area contributed by atoms with Gasteiger partial charge >= 0.3 is 0 Å². The first-order chi connectivity index (χ1) is 8.56. The molecular formula is C13H11ClO2S2. The molecule has 0 aliphatic rings. The average Bonchev–Trinajstić information content (AvgIpc) is 2.76. The first-order valence-corrected chi connectivity index (χ1v) is 7.81. The van der Waals surface area contributed by atoms with Gasteiger partial charge in [0.1, 0.15) is 0 Å².